The third-order valence-corrected chi connectivity index (χ3v) is 3.81. The molecule has 0 heterocycles. The molecular weight excluding hydrogens is 251 g/mol. The summed E-state index contributed by atoms with van der Waals surface area (Å²) in [5.41, 5.74) is 0. The molecule has 0 saturated carbocycles. The second-order valence-electron chi connectivity index (χ2n) is 1.86. The minimum atomic E-state index is -5.50. The first-order valence-corrected chi connectivity index (χ1v) is 5.57. The van der Waals surface area contributed by atoms with E-state index in [0.717, 1.165) is 0 Å². The predicted molar refractivity (Wildman–Crippen MR) is 37.0 cm³/mol. The number of esters is 1. The van der Waals surface area contributed by atoms with Crippen LogP contribution >= 0.6 is 0 Å². The molecule has 0 fully saturated rings. The van der Waals surface area contributed by atoms with Gasteiger partial charge >= 0.3 is 35.5 Å². The number of ether oxygens (including phenoxy) is 1. The molecule has 0 amide bonds. The second-order valence-corrected chi connectivity index (χ2v) is 5.12. The van der Waals surface area contributed by atoms with Gasteiger partial charge in [0.05, 0.1) is 7.11 Å². The quantitative estimate of drug-likeness (QED) is 0.300. The van der Waals surface area contributed by atoms with Crippen molar-refractivity contribution in [3.05, 3.63) is 0 Å². The molecule has 0 aromatic carbocycles. The minimum absolute atomic E-state index is 0. The standard InChI is InChI=1S/C3H6O8S2.Na/c1-11-2(4)3(12(5,6)7)13(8,9)10;/h3H,1H3,(H,5,6,7)(H,8,9,10);/q;+1/p-1. The van der Waals surface area contributed by atoms with Crippen LogP contribution in [-0.2, 0) is 29.8 Å². The van der Waals surface area contributed by atoms with Crippen LogP contribution in [0.4, 0.5) is 0 Å². The largest absolute Gasteiger partial charge is 1.00 e. The molecule has 14 heavy (non-hydrogen) atoms. The number of hydrogen-bond donors (Lipinski definition) is 1. The van der Waals surface area contributed by atoms with Gasteiger partial charge in [0.25, 0.3) is 14.7 Å². The van der Waals surface area contributed by atoms with Crippen molar-refractivity contribution >= 4 is 26.2 Å². The van der Waals surface area contributed by atoms with Crippen molar-refractivity contribution in [1.29, 1.82) is 0 Å². The van der Waals surface area contributed by atoms with Crippen LogP contribution in [0.25, 0.3) is 0 Å². The van der Waals surface area contributed by atoms with Gasteiger partial charge in [-0.15, -0.1) is 0 Å². The summed E-state index contributed by atoms with van der Waals surface area (Å²) >= 11 is 0. The summed E-state index contributed by atoms with van der Waals surface area (Å²) in [6.45, 7) is 0. The summed E-state index contributed by atoms with van der Waals surface area (Å²) in [5, 5.41) is 0. The molecule has 0 aromatic heterocycles. The minimum Gasteiger partial charge on any atom is -0.746 e. The average Bonchev–Trinajstić information content (AvgIpc) is 1.80. The third kappa shape index (κ3) is 4.68. The monoisotopic (exact) mass is 256 g/mol. The smallest absolute Gasteiger partial charge is 0.746 e. The Morgan fingerprint density at radius 3 is 1.79 bits per heavy atom. The van der Waals surface area contributed by atoms with Gasteiger partial charge in [0.15, 0.2) is 0 Å². The Labute approximate surface area is 102 Å². The summed E-state index contributed by atoms with van der Waals surface area (Å²) in [6, 6.07) is 0. The van der Waals surface area contributed by atoms with E-state index in [1.165, 1.54) is 0 Å². The van der Waals surface area contributed by atoms with E-state index in [9.17, 15) is 26.2 Å². The molecule has 0 bridgehead atoms. The Kier molecular flexibility index (Phi) is 6.44. The summed E-state index contributed by atoms with van der Waals surface area (Å²) < 4.78 is 59.9. The summed E-state index contributed by atoms with van der Waals surface area (Å²) in [7, 11) is -10.1. The van der Waals surface area contributed by atoms with Gasteiger partial charge in [0.1, 0.15) is 10.1 Å². The first-order valence-electron chi connectivity index (χ1n) is 2.59. The van der Waals surface area contributed by atoms with Crippen LogP contribution in [0.15, 0.2) is 0 Å². The Hall–Kier alpha value is 0.290. The molecular formula is C3H5NaO8S2. The summed E-state index contributed by atoms with van der Waals surface area (Å²) in [6.07, 6.45) is 0. The zero-order valence-corrected chi connectivity index (χ0v) is 10.8. The summed E-state index contributed by atoms with van der Waals surface area (Å²) in [5.74, 6) is -1.85. The Bertz CT molecular complexity index is 360. The normalized spacial score (nSPS) is 13.9. The SMILES string of the molecule is COC(=O)C(S(=O)(=O)[O-])S(=O)(=O)O.[Na+]. The molecule has 1 unspecified atom stereocenters. The molecule has 8 nitrogen and oxygen atoms in total. The predicted octanol–water partition coefficient (Wildman–Crippen LogP) is -5.08. The molecule has 0 aromatic rings. The molecule has 0 spiro atoms. The Balaban J connectivity index is 0. The number of methoxy groups -OCH3 is 1. The molecule has 1 atom stereocenters. The summed E-state index contributed by atoms with van der Waals surface area (Å²) in [4.78, 5) is 10.5. The van der Waals surface area contributed by atoms with Crippen molar-refractivity contribution in [3.8, 4) is 0 Å². The van der Waals surface area contributed by atoms with Crippen molar-refractivity contribution in [2.75, 3.05) is 7.11 Å². The van der Waals surface area contributed by atoms with E-state index in [4.69, 9.17) is 4.55 Å². The Morgan fingerprint density at radius 2 is 1.71 bits per heavy atom. The van der Waals surface area contributed by atoms with Crippen LogP contribution in [0.5, 0.6) is 0 Å². The molecule has 0 rings (SSSR count). The van der Waals surface area contributed by atoms with E-state index < -0.39 is 30.8 Å². The van der Waals surface area contributed by atoms with Crippen LogP contribution < -0.4 is 29.6 Å². The molecule has 0 aliphatic heterocycles. The third-order valence-electron chi connectivity index (χ3n) is 0.926. The molecule has 0 radical (unpaired) electrons. The van der Waals surface area contributed by atoms with E-state index in [0.29, 0.717) is 7.11 Å². The van der Waals surface area contributed by atoms with E-state index in [1.54, 1.807) is 0 Å². The fourth-order valence-electron chi connectivity index (χ4n) is 0.485. The number of rotatable bonds is 3. The fourth-order valence-corrected chi connectivity index (χ4v) is 2.35. The van der Waals surface area contributed by atoms with Crippen LogP contribution in [0.2, 0.25) is 0 Å². The first-order chi connectivity index (χ1) is 5.60. The van der Waals surface area contributed by atoms with Gasteiger partial charge in [-0.25, -0.2) is 13.2 Å². The maximum atomic E-state index is 10.5. The van der Waals surface area contributed by atoms with E-state index in [2.05, 4.69) is 4.74 Å². The number of carbonyl (C=O) groups excluding carboxylic acids is 1. The van der Waals surface area contributed by atoms with Crippen LogP contribution in [-0.4, -0.2) is 43.6 Å². The molecule has 11 heteroatoms. The van der Waals surface area contributed by atoms with Crippen molar-refractivity contribution in [2.24, 2.45) is 0 Å². The van der Waals surface area contributed by atoms with Crippen LogP contribution in [0, 0.1) is 0 Å². The van der Waals surface area contributed by atoms with Gasteiger partial charge in [-0.05, 0) is 0 Å². The van der Waals surface area contributed by atoms with E-state index in [1.807, 2.05) is 0 Å². The molecule has 0 aliphatic rings. The molecule has 78 valence electrons. The maximum Gasteiger partial charge on any atom is 1.00 e. The number of hydrogen-bond acceptors (Lipinski definition) is 7. The van der Waals surface area contributed by atoms with Crippen molar-refractivity contribution in [3.63, 3.8) is 0 Å². The Morgan fingerprint density at radius 1 is 1.36 bits per heavy atom. The van der Waals surface area contributed by atoms with Gasteiger partial charge in [0, 0.05) is 0 Å². The second kappa shape index (κ2) is 5.39. The molecule has 0 aliphatic carbocycles. The molecule has 1 N–H and O–H groups in total. The zero-order valence-electron chi connectivity index (χ0n) is 7.20. The number of carbonyl (C=O) groups is 1. The van der Waals surface area contributed by atoms with Crippen molar-refractivity contribution in [2.45, 2.75) is 4.58 Å². The maximum absolute atomic E-state index is 10.5. The van der Waals surface area contributed by atoms with Gasteiger partial charge in [-0.1, -0.05) is 0 Å². The fraction of sp³-hybridized carbons (Fsp3) is 0.667. The average molecular weight is 256 g/mol. The van der Waals surface area contributed by atoms with Crippen LogP contribution in [0.3, 0.4) is 0 Å². The van der Waals surface area contributed by atoms with Crippen molar-refractivity contribution < 1.29 is 65.0 Å². The first kappa shape index (κ1) is 16.7. The molecule has 0 saturated heterocycles. The van der Waals surface area contributed by atoms with Gasteiger partial charge in [-0.3, -0.25) is 4.55 Å². The van der Waals surface area contributed by atoms with Crippen LogP contribution in [0.1, 0.15) is 0 Å². The van der Waals surface area contributed by atoms with Gasteiger partial charge < -0.3 is 9.29 Å². The zero-order chi connectivity index (χ0) is 10.9. The van der Waals surface area contributed by atoms with E-state index in [-0.39, 0.29) is 29.6 Å². The van der Waals surface area contributed by atoms with Gasteiger partial charge in [0.2, 0.25) is 0 Å². The topological polar surface area (TPSA) is 138 Å². The van der Waals surface area contributed by atoms with E-state index >= 15 is 0 Å². The van der Waals surface area contributed by atoms with Crippen molar-refractivity contribution in [1.82, 2.24) is 0 Å². The van der Waals surface area contributed by atoms with Gasteiger partial charge in [-0.2, -0.15) is 8.42 Å².